The maximum atomic E-state index is 12.4. The summed E-state index contributed by atoms with van der Waals surface area (Å²) in [5, 5.41) is 11.9. The zero-order valence-electron chi connectivity index (χ0n) is 17.1. The number of nitrogens with one attached hydrogen (secondary N) is 3. The molecule has 1 aliphatic rings. The van der Waals surface area contributed by atoms with E-state index in [1.165, 1.54) is 11.3 Å². The van der Waals surface area contributed by atoms with Crippen LogP contribution in [0.1, 0.15) is 28.2 Å². The molecule has 164 valence electrons. The number of carbonyl (C=O) groups excluding carboxylic acids is 3. The molecule has 0 radical (unpaired) electrons. The van der Waals surface area contributed by atoms with E-state index in [4.69, 9.17) is 11.6 Å². The first-order valence-electron chi connectivity index (χ1n) is 10.2. The molecular formula is C23H21ClN4O3S. The van der Waals surface area contributed by atoms with Crippen LogP contribution < -0.4 is 16.0 Å². The van der Waals surface area contributed by atoms with E-state index in [2.05, 4.69) is 20.9 Å². The molecule has 2 heterocycles. The zero-order chi connectivity index (χ0) is 22.5. The SMILES string of the molecule is O=C(CC[C@@H]1NC(=O)c2ccccc2NC1=O)NCCc1nc(-c2ccc(Cl)cc2)cs1. The summed E-state index contributed by atoms with van der Waals surface area (Å²) in [6, 6.07) is 13.5. The highest BCUT2D eigenvalue weighted by Gasteiger charge is 2.27. The smallest absolute Gasteiger partial charge is 0.254 e. The molecule has 0 aliphatic carbocycles. The summed E-state index contributed by atoms with van der Waals surface area (Å²) >= 11 is 7.46. The predicted octanol–water partition coefficient (Wildman–Crippen LogP) is 3.65. The van der Waals surface area contributed by atoms with Crippen LogP contribution in [-0.4, -0.2) is 35.3 Å². The van der Waals surface area contributed by atoms with Crippen molar-refractivity contribution in [3.05, 3.63) is 69.5 Å². The number of fused-ring (bicyclic) bond motifs is 1. The van der Waals surface area contributed by atoms with Gasteiger partial charge in [-0.2, -0.15) is 0 Å². The maximum Gasteiger partial charge on any atom is 0.254 e. The Morgan fingerprint density at radius 2 is 1.91 bits per heavy atom. The molecule has 1 aromatic heterocycles. The van der Waals surface area contributed by atoms with Crippen molar-refractivity contribution in [1.82, 2.24) is 15.6 Å². The molecule has 0 fully saturated rings. The number of hydrogen-bond acceptors (Lipinski definition) is 5. The van der Waals surface area contributed by atoms with Gasteiger partial charge in [0.05, 0.1) is 22.0 Å². The molecule has 3 amide bonds. The maximum absolute atomic E-state index is 12.4. The second-order valence-electron chi connectivity index (χ2n) is 7.33. The van der Waals surface area contributed by atoms with Gasteiger partial charge in [-0.1, -0.05) is 35.9 Å². The minimum Gasteiger partial charge on any atom is -0.356 e. The molecule has 3 N–H and O–H groups in total. The second-order valence-corrected chi connectivity index (χ2v) is 8.71. The molecule has 0 bridgehead atoms. The highest BCUT2D eigenvalue weighted by Crippen LogP contribution is 2.23. The summed E-state index contributed by atoms with van der Waals surface area (Å²) < 4.78 is 0. The Kier molecular flexibility index (Phi) is 6.82. The van der Waals surface area contributed by atoms with E-state index in [1.54, 1.807) is 24.3 Å². The van der Waals surface area contributed by atoms with E-state index >= 15 is 0 Å². The molecule has 4 rings (SSSR count). The van der Waals surface area contributed by atoms with Crippen LogP contribution in [0.2, 0.25) is 5.02 Å². The summed E-state index contributed by atoms with van der Waals surface area (Å²) in [7, 11) is 0. The fourth-order valence-corrected chi connectivity index (χ4v) is 4.30. The minimum absolute atomic E-state index is 0.128. The van der Waals surface area contributed by atoms with E-state index in [0.29, 0.717) is 29.2 Å². The van der Waals surface area contributed by atoms with Gasteiger partial charge in [-0.25, -0.2) is 4.98 Å². The van der Waals surface area contributed by atoms with Crippen molar-refractivity contribution in [3.63, 3.8) is 0 Å². The fourth-order valence-electron chi connectivity index (χ4n) is 3.37. The van der Waals surface area contributed by atoms with Crippen LogP contribution >= 0.6 is 22.9 Å². The largest absolute Gasteiger partial charge is 0.356 e. The number of thiazole rings is 1. The van der Waals surface area contributed by atoms with E-state index in [-0.39, 0.29) is 30.6 Å². The molecule has 9 heteroatoms. The monoisotopic (exact) mass is 468 g/mol. The van der Waals surface area contributed by atoms with Crippen LogP contribution in [0.25, 0.3) is 11.3 Å². The molecule has 2 aromatic carbocycles. The molecule has 7 nitrogen and oxygen atoms in total. The Hall–Kier alpha value is -3.23. The number of para-hydroxylation sites is 1. The molecule has 32 heavy (non-hydrogen) atoms. The van der Waals surface area contributed by atoms with Crippen LogP contribution in [0.3, 0.4) is 0 Å². The number of amides is 3. The summed E-state index contributed by atoms with van der Waals surface area (Å²) in [4.78, 5) is 41.6. The number of aromatic nitrogens is 1. The van der Waals surface area contributed by atoms with Crippen molar-refractivity contribution in [2.75, 3.05) is 11.9 Å². The van der Waals surface area contributed by atoms with Gasteiger partial charge in [0.1, 0.15) is 6.04 Å². The van der Waals surface area contributed by atoms with Gasteiger partial charge in [0, 0.05) is 35.4 Å². The topological polar surface area (TPSA) is 100 Å². The summed E-state index contributed by atoms with van der Waals surface area (Å²) in [5.74, 6) is -0.832. The number of hydrogen-bond donors (Lipinski definition) is 3. The van der Waals surface area contributed by atoms with Crippen LogP contribution in [0.15, 0.2) is 53.9 Å². The fraction of sp³-hybridized carbons (Fsp3) is 0.217. The van der Waals surface area contributed by atoms with Gasteiger partial charge >= 0.3 is 0 Å². The first-order chi connectivity index (χ1) is 15.5. The zero-order valence-corrected chi connectivity index (χ0v) is 18.6. The molecule has 1 atom stereocenters. The highest BCUT2D eigenvalue weighted by molar-refractivity contribution is 7.09. The summed E-state index contributed by atoms with van der Waals surface area (Å²) in [5.41, 5.74) is 2.76. The minimum atomic E-state index is -0.762. The number of rotatable bonds is 7. The number of carbonyl (C=O) groups is 3. The molecule has 0 spiro atoms. The van der Waals surface area contributed by atoms with E-state index in [0.717, 1.165) is 16.3 Å². The van der Waals surface area contributed by atoms with Gasteiger partial charge in [-0.15, -0.1) is 11.3 Å². The Balaban J connectivity index is 1.23. The van der Waals surface area contributed by atoms with Crippen LogP contribution in [-0.2, 0) is 16.0 Å². The second kappa shape index (κ2) is 9.93. The lowest BCUT2D eigenvalue weighted by Crippen LogP contribution is -2.42. The third-order valence-electron chi connectivity index (χ3n) is 5.06. The standard InChI is InChI=1S/C23H21ClN4O3S/c24-15-7-5-14(6-8-15)19-13-32-21(26-19)11-12-25-20(29)10-9-18-23(31)27-17-4-2-1-3-16(17)22(30)28-18/h1-8,13,18H,9-12H2,(H,25,29)(H,27,31)(H,28,30)/t18-/m0/s1. The molecule has 0 saturated heterocycles. The average Bonchev–Trinajstić information content (AvgIpc) is 3.21. The molecule has 3 aromatic rings. The van der Waals surface area contributed by atoms with Crippen molar-refractivity contribution in [2.45, 2.75) is 25.3 Å². The number of benzene rings is 2. The van der Waals surface area contributed by atoms with Crippen LogP contribution in [0, 0.1) is 0 Å². The number of nitrogens with zero attached hydrogens (tertiary/aromatic N) is 1. The molecule has 0 saturated carbocycles. The van der Waals surface area contributed by atoms with E-state index in [1.807, 2.05) is 29.6 Å². The third-order valence-corrected chi connectivity index (χ3v) is 6.22. The lowest BCUT2D eigenvalue weighted by Gasteiger charge is -2.14. The van der Waals surface area contributed by atoms with E-state index in [9.17, 15) is 14.4 Å². The van der Waals surface area contributed by atoms with Crippen molar-refractivity contribution < 1.29 is 14.4 Å². The Bertz CT molecular complexity index is 1150. The lowest BCUT2D eigenvalue weighted by atomic mass is 10.1. The quantitative estimate of drug-likeness (QED) is 0.492. The number of anilines is 1. The Labute approximate surface area is 194 Å². The van der Waals surface area contributed by atoms with Crippen molar-refractivity contribution >= 4 is 46.3 Å². The van der Waals surface area contributed by atoms with Gasteiger partial charge in [0.15, 0.2) is 0 Å². The highest BCUT2D eigenvalue weighted by atomic mass is 35.5. The Morgan fingerprint density at radius 3 is 2.72 bits per heavy atom. The normalized spacial score (nSPS) is 15.3. The predicted molar refractivity (Wildman–Crippen MR) is 125 cm³/mol. The van der Waals surface area contributed by atoms with Gasteiger partial charge in [0.25, 0.3) is 5.91 Å². The van der Waals surface area contributed by atoms with Gasteiger partial charge in [-0.05, 0) is 30.7 Å². The summed E-state index contributed by atoms with van der Waals surface area (Å²) in [6.07, 6.45) is 0.956. The van der Waals surface area contributed by atoms with E-state index < -0.39 is 6.04 Å². The first-order valence-corrected chi connectivity index (χ1v) is 11.4. The van der Waals surface area contributed by atoms with Gasteiger partial charge in [0.2, 0.25) is 11.8 Å². The lowest BCUT2D eigenvalue weighted by molar-refractivity contribution is -0.121. The van der Waals surface area contributed by atoms with Crippen LogP contribution in [0.5, 0.6) is 0 Å². The Morgan fingerprint density at radius 1 is 1.12 bits per heavy atom. The average molecular weight is 469 g/mol. The first kappa shape index (κ1) is 22.0. The van der Waals surface area contributed by atoms with Crippen molar-refractivity contribution in [2.24, 2.45) is 0 Å². The molecule has 1 aliphatic heterocycles. The van der Waals surface area contributed by atoms with Gasteiger partial charge in [-0.3, -0.25) is 14.4 Å². The number of halogens is 1. The van der Waals surface area contributed by atoms with Gasteiger partial charge < -0.3 is 16.0 Å². The molecular weight excluding hydrogens is 448 g/mol. The summed E-state index contributed by atoms with van der Waals surface area (Å²) in [6.45, 7) is 0.446. The van der Waals surface area contributed by atoms with Crippen molar-refractivity contribution in [1.29, 1.82) is 0 Å². The van der Waals surface area contributed by atoms with Crippen molar-refractivity contribution in [3.8, 4) is 11.3 Å². The molecule has 0 unspecified atom stereocenters. The van der Waals surface area contributed by atoms with Crippen LogP contribution in [0.4, 0.5) is 5.69 Å². The third kappa shape index (κ3) is 5.33.